The minimum atomic E-state index is -4.52. The molecule has 1 aliphatic rings. The zero-order valence-electron chi connectivity index (χ0n) is 14.0. The third-order valence-electron chi connectivity index (χ3n) is 3.99. The van der Waals surface area contributed by atoms with Crippen LogP contribution in [0.1, 0.15) is 11.3 Å². The van der Waals surface area contributed by atoms with Gasteiger partial charge >= 0.3 is 6.18 Å². The fraction of sp³-hybridized carbons (Fsp3) is 0.333. The van der Waals surface area contributed by atoms with Gasteiger partial charge in [0.1, 0.15) is 17.5 Å². The molecule has 3 rings (SSSR count). The van der Waals surface area contributed by atoms with Crippen LogP contribution in [0.3, 0.4) is 0 Å². The molecule has 0 atom stereocenters. The van der Waals surface area contributed by atoms with Gasteiger partial charge in [-0.1, -0.05) is 18.2 Å². The first kappa shape index (κ1) is 18.0. The van der Waals surface area contributed by atoms with E-state index in [0.717, 1.165) is 11.6 Å². The summed E-state index contributed by atoms with van der Waals surface area (Å²) in [6.45, 7) is 0.640. The molecule has 1 fully saturated rings. The molecule has 0 N–H and O–H groups in total. The maximum Gasteiger partial charge on any atom is 0.433 e. The van der Waals surface area contributed by atoms with Crippen molar-refractivity contribution in [3.63, 3.8) is 0 Å². The number of amides is 1. The van der Waals surface area contributed by atoms with Crippen molar-refractivity contribution in [3.8, 4) is 11.6 Å². The fourth-order valence-electron chi connectivity index (χ4n) is 2.59. The first-order valence-corrected chi connectivity index (χ1v) is 7.97. The van der Waals surface area contributed by atoms with Gasteiger partial charge in [-0.25, -0.2) is 4.98 Å². The minimum Gasteiger partial charge on any atom is -0.497 e. The van der Waals surface area contributed by atoms with Gasteiger partial charge in [-0.05, 0) is 23.8 Å². The van der Waals surface area contributed by atoms with E-state index >= 15 is 0 Å². The third kappa shape index (κ3) is 4.25. The molecule has 0 saturated carbocycles. The van der Waals surface area contributed by atoms with Crippen molar-refractivity contribution in [1.82, 2.24) is 9.88 Å². The van der Waals surface area contributed by atoms with E-state index in [1.807, 2.05) is 12.1 Å². The Labute approximate surface area is 148 Å². The molecule has 0 aliphatic carbocycles. The summed E-state index contributed by atoms with van der Waals surface area (Å²) in [6, 6.07) is 10.7. The normalized spacial score (nSPS) is 14.7. The van der Waals surface area contributed by atoms with Crippen LogP contribution in [0.4, 0.5) is 13.2 Å². The van der Waals surface area contributed by atoms with Crippen LogP contribution in [-0.2, 0) is 17.4 Å². The highest BCUT2D eigenvalue weighted by atomic mass is 19.4. The topological polar surface area (TPSA) is 51.7 Å². The Balaban J connectivity index is 1.52. The predicted octanol–water partition coefficient (Wildman–Crippen LogP) is 2.94. The number of likely N-dealkylation sites (tertiary alicyclic amines) is 1. The van der Waals surface area contributed by atoms with Crippen molar-refractivity contribution >= 4 is 5.91 Å². The van der Waals surface area contributed by atoms with E-state index in [4.69, 9.17) is 9.47 Å². The highest BCUT2D eigenvalue weighted by Gasteiger charge is 2.35. The molecular formula is C18H17F3N2O3. The predicted molar refractivity (Wildman–Crippen MR) is 86.9 cm³/mol. The van der Waals surface area contributed by atoms with Crippen molar-refractivity contribution in [3.05, 3.63) is 53.7 Å². The largest absolute Gasteiger partial charge is 0.497 e. The van der Waals surface area contributed by atoms with Crippen LogP contribution in [0, 0.1) is 0 Å². The smallest absolute Gasteiger partial charge is 0.433 e. The van der Waals surface area contributed by atoms with Crippen molar-refractivity contribution < 1.29 is 27.4 Å². The van der Waals surface area contributed by atoms with E-state index in [9.17, 15) is 18.0 Å². The molecule has 2 aromatic rings. The Bertz CT molecular complexity index is 789. The second-order valence-electron chi connectivity index (χ2n) is 5.93. The number of aromatic nitrogens is 1. The monoisotopic (exact) mass is 366 g/mol. The Kier molecular flexibility index (Phi) is 5.01. The Hall–Kier alpha value is -2.77. The molecule has 8 heteroatoms. The lowest BCUT2D eigenvalue weighted by Gasteiger charge is -2.38. The number of hydrogen-bond donors (Lipinski definition) is 0. The molecule has 0 spiro atoms. The van der Waals surface area contributed by atoms with Crippen LogP contribution in [0.5, 0.6) is 11.6 Å². The summed E-state index contributed by atoms with van der Waals surface area (Å²) in [5.41, 5.74) is -0.168. The van der Waals surface area contributed by atoms with Gasteiger partial charge in [-0.2, -0.15) is 13.2 Å². The lowest BCUT2D eigenvalue weighted by atomic mass is 10.1. The van der Waals surface area contributed by atoms with Crippen molar-refractivity contribution in [2.75, 3.05) is 20.2 Å². The van der Waals surface area contributed by atoms with Crippen LogP contribution in [0.15, 0.2) is 42.5 Å². The van der Waals surface area contributed by atoms with Crippen molar-refractivity contribution in [2.24, 2.45) is 0 Å². The summed E-state index contributed by atoms with van der Waals surface area (Å²) in [5, 5.41) is 0. The maximum absolute atomic E-state index is 12.7. The number of halogens is 3. The van der Waals surface area contributed by atoms with E-state index in [1.54, 1.807) is 24.1 Å². The molecule has 0 unspecified atom stereocenters. The van der Waals surface area contributed by atoms with Crippen molar-refractivity contribution in [1.29, 1.82) is 0 Å². The molecule has 1 aromatic heterocycles. The second-order valence-corrected chi connectivity index (χ2v) is 5.93. The Morgan fingerprint density at radius 3 is 2.65 bits per heavy atom. The highest BCUT2D eigenvalue weighted by Crippen LogP contribution is 2.29. The number of pyridine rings is 1. The van der Waals surface area contributed by atoms with Gasteiger partial charge in [-0.3, -0.25) is 4.79 Å². The van der Waals surface area contributed by atoms with Crippen LogP contribution in [-0.4, -0.2) is 42.1 Å². The van der Waals surface area contributed by atoms with Gasteiger partial charge in [0, 0.05) is 6.07 Å². The average molecular weight is 366 g/mol. The molecule has 1 amide bonds. The zero-order chi connectivity index (χ0) is 18.7. The van der Waals surface area contributed by atoms with Gasteiger partial charge < -0.3 is 14.4 Å². The summed E-state index contributed by atoms with van der Waals surface area (Å²) >= 11 is 0. The lowest BCUT2D eigenvalue weighted by Crippen LogP contribution is -2.56. The summed E-state index contributed by atoms with van der Waals surface area (Å²) in [4.78, 5) is 17.3. The first-order valence-electron chi connectivity index (χ1n) is 7.97. The summed E-state index contributed by atoms with van der Waals surface area (Å²) in [5.74, 6) is 0.510. The molecule has 0 radical (unpaired) electrons. The number of nitrogens with zero attached hydrogens (tertiary/aromatic N) is 2. The van der Waals surface area contributed by atoms with E-state index < -0.39 is 11.9 Å². The van der Waals surface area contributed by atoms with Gasteiger partial charge in [0.05, 0.1) is 26.6 Å². The van der Waals surface area contributed by atoms with E-state index in [1.165, 1.54) is 12.1 Å². The number of alkyl halides is 3. The maximum atomic E-state index is 12.7. The Morgan fingerprint density at radius 2 is 1.96 bits per heavy atom. The number of ether oxygens (including phenoxy) is 2. The number of methoxy groups -OCH3 is 1. The lowest BCUT2D eigenvalue weighted by molar-refractivity contribution is -0.141. The van der Waals surface area contributed by atoms with E-state index in [-0.39, 0.29) is 24.3 Å². The SMILES string of the molecule is COc1cccc(CC(=O)N2CC(Oc3cccc(C(F)(F)F)n3)C2)c1. The van der Waals surface area contributed by atoms with Gasteiger partial charge in [0.25, 0.3) is 0 Å². The zero-order valence-corrected chi connectivity index (χ0v) is 14.0. The summed E-state index contributed by atoms with van der Waals surface area (Å²) in [6.07, 6.45) is -4.65. The van der Waals surface area contributed by atoms with Crippen LogP contribution in [0.2, 0.25) is 0 Å². The summed E-state index contributed by atoms with van der Waals surface area (Å²) in [7, 11) is 1.56. The number of rotatable bonds is 5. The van der Waals surface area contributed by atoms with Crippen LogP contribution in [0.25, 0.3) is 0 Å². The fourth-order valence-corrected chi connectivity index (χ4v) is 2.59. The molecule has 1 aromatic carbocycles. The molecule has 26 heavy (non-hydrogen) atoms. The molecule has 5 nitrogen and oxygen atoms in total. The summed E-state index contributed by atoms with van der Waals surface area (Å²) < 4.78 is 48.5. The van der Waals surface area contributed by atoms with Gasteiger partial charge in [0.15, 0.2) is 0 Å². The molecule has 0 bridgehead atoms. The number of benzene rings is 1. The molecule has 138 valence electrons. The van der Waals surface area contributed by atoms with Crippen LogP contribution < -0.4 is 9.47 Å². The second kappa shape index (κ2) is 7.23. The standard InChI is InChI=1S/C18H17F3N2O3/c1-25-13-5-2-4-12(8-13)9-17(24)23-10-14(11-23)26-16-7-3-6-15(22-16)18(19,20)21/h2-8,14H,9-11H2,1H3. The number of hydrogen-bond acceptors (Lipinski definition) is 4. The highest BCUT2D eigenvalue weighted by molar-refractivity contribution is 5.79. The molecular weight excluding hydrogens is 349 g/mol. The first-order chi connectivity index (χ1) is 12.3. The third-order valence-corrected chi connectivity index (χ3v) is 3.99. The van der Waals surface area contributed by atoms with E-state index in [0.29, 0.717) is 18.8 Å². The number of carbonyl (C=O) groups excluding carboxylic acids is 1. The molecule has 2 heterocycles. The van der Waals surface area contributed by atoms with Crippen molar-refractivity contribution in [2.45, 2.75) is 18.7 Å². The minimum absolute atomic E-state index is 0.0740. The quantitative estimate of drug-likeness (QED) is 0.817. The molecule has 1 saturated heterocycles. The Morgan fingerprint density at radius 1 is 1.23 bits per heavy atom. The van der Waals surface area contributed by atoms with Gasteiger partial charge in [0.2, 0.25) is 11.8 Å². The average Bonchev–Trinajstić information content (AvgIpc) is 2.57. The van der Waals surface area contributed by atoms with Gasteiger partial charge in [-0.15, -0.1) is 0 Å². The number of carbonyl (C=O) groups is 1. The van der Waals surface area contributed by atoms with Crippen LogP contribution >= 0.6 is 0 Å². The van der Waals surface area contributed by atoms with E-state index in [2.05, 4.69) is 4.98 Å². The molecule has 1 aliphatic heterocycles.